The maximum absolute atomic E-state index is 13.9. The Kier molecular flexibility index (Phi) is 2.30. The van der Waals surface area contributed by atoms with E-state index in [0.29, 0.717) is 22.9 Å². The Balaban J connectivity index is 2.03. The molecule has 2 aromatic heterocycles. The SMILES string of the molecule is Oc1cncc(-c2nc3c(F)cccc3n2C2CC2)c1. The molecule has 4 nitrogen and oxygen atoms in total. The lowest BCUT2D eigenvalue weighted by molar-refractivity contribution is 0.473. The summed E-state index contributed by atoms with van der Waals surface area (Å²) in [5.74, 6) is 0.421. The molecule has 3 aromatic rings. The fraction of sp³-hybridized carbons (Fsp3) is 0.200. The van der Waals surface area contributed by atoms with Crippen LogP contribution in [0.1, 0.15) is 18.9 Å². The Morgan fingerprint density at radius 3 is 2.85 bits per heavy atom. The van der Waals surface area contributed by atoms with Gasteiger partial charge in [0.05, 0.1) is 11.7 Å². The van der Waals surface area contributed by atoms with Crippen LogP contribution in [0, 0.1) is 5.82 Å². The van der Waals surface area contributed by atoms with Crippen molar-refractivity contribution < 1.29 is 9.50 Å². The minimum atomic E-state index is -0.323. The van der Waals surface area contributed by atoms with E-state index in [1.807, 2.05) is 6.07 Å². The summed E-state index contributed by atoms with van der Waals surface area (Å²) in [6.07, 6.45) is 5.15. The normalized spacial score (nSPS) is 14.8. The van der Waals surface area contributed by atoms with Gasteiger partial charge in [-0.25, -0.2) is 9.37 Å². The number of pyridine rings is 1. The second-order valence-electron chi connectivity index (χ2n) is 5.08. The number of imidazole rings is 1. The largest absolute Gasteiger partial charge is 0.506 e. The van der Waals surface area contributed by atoms with Gasteiger partial charge in [-0.3, -0.25) is 4.98 Å². The molecular formula is C15H12FN3O. The molecule has 0 unspecified atom stereocenters. The lowest BCUT2D eigenvalue weighted by Crippen LogP contribution is -1.97. The molecule has 5 heteroatoms. The topological polar surface area (TPSA) is 50.9 Å². The summed E-state index contributed by atoms with van der Waals surface area (Å²) in [6, 6.07) is 6.95. The van der Waals surface area contributed by atoms with Gasteiger partial charge in [0.2, 0.25) is 0 Å². The molecule has 0 atom stereocenters. The van der Waals surface area contributed by atoms with Crippen LogP contribution in [0.5, 0.6) is 5.75 Å². The van der Waals surface area contributed by atoms with Crippen molar-refractivity contribution in [1.82, 2.24) is 14.5 Å². The molecule has 1 N–H and O–H groups in total. The van der Waals surface area contributed by atoms with Crippen molar-refractivity contribution >= 4 is 11.0 Å². The van der Waals surface area contributed by atoms with Gasteiger partial charge in [0.15, 0.2) is 5.82 Å². The molecule has 0 saturated heterocycles. The lowest BCUT2D eigenvalue weighted by atomic mass is 10.2. The highest BCUT2D eigenvalue weighted by Gasteiger charge is 2.29. The van der Waals surface area contributed by atoms with E-state index in [0.717, 1.165) is 18.4 Å². The van der Waals surface area contributed by atoms with Gasteiger partial charge in [0.25, 0.3) is 0 Å². The number of hydrogen-bond acceptors (Lipinski definition) is 3. The third-order valence-electron chi connectivity index (χ3n) is 3.56. The zero-order valence-corrected chi connectivity index (χ0v) is 10.6. The molecule has 20 heavy (non-hydrogen) atoms. The second-order valence-corrected chi connectivity index (χ2v) is 5.08. The summed E-state index contributed by atoms with van der Waals surface area (Å²) >= 11 is 0. The van der Waals surface area contributed by atoms with Gasteiger partial charge in [-0.15, -0.1) is 0 Å². The molecule has 100 valence electrons. The van der Waals surface area contributed by atoms with Gasteiger partial charge in [-0.2, -0.15) is 0 Å². The zero-order valence-electron chi connectivity index (χ0n) is 10.6. The predicted molar refractivity (Wildman–Crippen MR) is 72.9 cm³/mol. The summed E-state index contributed by atoms with van der Waals surface area (Å²) in [4.78, 5) is 8.40. The number of hydrogen-bond donors (Lipinski definition) is 1. The number of fused-ring (bicyclic) bond motifs is 1. The van der Waals surface area contributed by atoms with E-state index in [2.05, 4.69) is 14.5 Å². The first kappa shape index (κ1) is 11.4. The average molecular weight is 269 g/mol. The van der Waals surface area contributed by atoms with Crippen molar-refractivity contribution in [2.75, 3.05) is 0 Å². The number of nitrogens with zero attached hydrogens (tertiary/aromatic N) is 3. The first-order valence-electron chi connectivity index (χ1n) is 6.55. The van der Waals surface area contributed by atoms with Crippen molar-refractivity contribution in [2.24, 2.45) is 0 Å². The van der Waals surface area contributed by atoms with Crippen LogP contribution in [0.4, 0.5) is 4.39 Å². The standard InChI is InChI=1S/C15H12FN3O/c16-12-2-1-3-13-14(12)18-15(19(13)10-4-5-10)9-6-11(20)8-17-7-9/h1-3,6-8,10,20H,4-5H2. The summed E-state index contributed by atoms with van der Waals surface area (Å²) in [5.41, 5.74) is 1.87. The molecule has 1 aliphatic rings. The molecule has 1 aliphatic carbocycles. The van der Waals surface area contributed by atoms with E-state index in [-0.39, 0.29) is 11.6 Å². The van der Waals surface area contributed by atoms with Crippen LogP contribution in [0.2, 0.25) is 0 Å². The van der Waals surface area contributed by atoms with Crippen molar-refractivity contribution in [3.63, 3.8) is 0 Å². The van der Waals surface area contributed by atoms with Crippen LogP contribution in [-0.4, -0.2) is 19.6 Å². The van der Waals surface area contributed by atoms with E-state index in [1.54, 1.807) is 18.3 Å². The molecule has 4 rings (SSSR count). The lowest BCUT2D eigenvalue weighted by Gasteiger charge is -2.07. The van der Waals surface area contributed by atoms with Crippen LogP contribution in [0.3, 0.4) is 0 Å². The van der Waals surface area contributed by atoms with Gasteiger partial charge >= 0.3 is 0 Å². The number of halogens is 1. The molecule has 1 aromatic carbocycles. The van der Waals surface area contributed by atoms with E-state index < -0.39 is 0 Å². The molecular weight excluding hydrogens is 257 g/mol. The Morgan fingerprint density at radius 2 is 2.10 bits per heavy atom. The number of para-hydroxylation sites is 1. The van der Waals surface area contributed by atoms with Crippen LogP contribution >= 0.6 is 0 Å². The van der Waals surface area contributed by atoms with Crippen LogP contribution < -0.4 is 0 Å². The summed E-state index contributed by atoms with van der Waals surface area (Å²) in [7, 11) is 0. The first-order chi connectivity index (χ1) is 9.74. The third-order valence-corrected chi connectivity index (χ3v) is 3.56. The Labute approximate surface area is 114 Å². The maximum Gasteiger partial charge on any atom is 0.151 e. The minimum Gasteiger partial charge on any atom is -0.506 e. The predicted octanol–water partition coefficient (Wildman–Crippen LogP) is 3.28. The Hall–Kier alpha value is -2.43. The Morgan fingerprint density at radius 1 is 1.25 bits per heavy atom. The first-order valence-corrected chi connectivity index (χ1v) is 6.55. The van der Waals surface area contributed by atoms with Crippen molar-refractivity contribution in [1.29, 1.82) is 0 Å². The molecule has 0 radical (unpaired) electrons. The van der Waals surface area contributed by atoms with E-state index >= 15 is 0 Å². The van der Waals surface area contributed by atoms with E-state index in [4.69, 9.17) is 0 Å². The molecule has 2 heterocycles. The van der Waals surface area contributed by atoms with Crippen LogP contribution in [0.25, 0.3) is 22.4 Å². The fourth-order valence-electron chi connectivity index (χ4n) is 2.54. The minimum absolute atomic E-state index is 0.0809. The van der Waals surface area contributed by atoms with Crippen molar-refractivity contribution in [3.05, 3.63) is 42.5 Å². The molecule has 0 amide bonds. The van der Waals surface area contributed by atoms with Crippen molar-refractivity contribution in [3.8, 4) is 17.1 Å². The second kappa shape index (κ2) is 4.03. The fourth-order valence-corrected chi connectivity index (χ4v) is 2.54. The Bertz CT molecular complexity index is 808. The van der Waals surface area contributed by atoms with Gasteiger partial charge in [-0.1, -0.05) is 6.07 Å². The van der Waals surface area contributed by atoms with Crippen molar-refractivity contribution in [2.45, 2.75) is 18.9 Å². The zero-order chi connectivity index (χ0) is 13.7. The van der Waals surface area contributed by atoms with Gasteiger partial charge < -0.3 is 9.67 Å². The molecule has 0 bridgehead atoms. The maximum atomic E-state index is 13.9. The highest BCUT2D eigenvalue weighted by atomic mass is 19.1. The highest BCUT2D eigenvalue weighted by molar-refractivity contribution is 5.81. The molecule has 1 fully saturated rings. The highest BCUT2D eigenvalue weighted by Crippen LogP contribution is 2.41. The molecule has 0 spiro atoms. The van der Waals surface area contributed by atoms with Crippen LogP contribution in [0.15, 0.2) is 36.7 Å². The van der Waals surface area contributed by atoms with Gasteiger partial charge in [0.1, 0.15) is 17.1 Å². The van der Waals surface area contributed by atoms with Crippen LogP contribution in [-0.2, 0) is 0 Å². The monoisotopic (exact) mass is 269 g/mol. The van der Waals surface area contributed by atoms with E-state index in [9.17, 15) is 9.50 Å². The van der Waals surface area contributed by atoms with E-state index in [1.165, 1.54) is 12.3 Å². The number of benzene rings is 1. The summed E-state index contributed by atoms with van der Waals surface area (Å²) < 4.78 is 16.0. The number of rotatable bonds is 2. The van der Waals surface area contributed by atoms with Gasteiger partial charge in [0, 0.05) is 17.8 Å². The number of aromatic nitrogens is 3. The average Bonchev–Trinajstić information content (AvgIpc) is 3.19. The molecule has 1 saturated carbocycles. The molecule has 0 aliphatic heterocycles. The smallest absolute Gasteiger partial charge is 0.151 e. The van der Waals surface area contributed by atoms with Gasteiger partial charge in [-0.05, 0) is 31.0 Å². The number of aromatic hydroxyl groups is 1. The summed E-state index contributed by atoms with van der Waals surface area (Å²) in [5, 5.41) is 9.58. The third kappa shape index (κ3) is 1.66. The quantitative estimate of drug-likeness (QED) is 0.776. The summed E-state index contributed by atoms with van der Waals surface area (Å²) in [6.45, 7) is 0.